The van der Waals surface area contributed by atoms with Crippen LogP contribution in [0.3, 0.4) is 0 Å². The van der Waals surface area contributed by atoms with Crippen LogP contribution in [0.15, 0.2) is 52.3 Å². The van der Waals surface area contributed by atoms with E-state index in [0.29, 0.717) is 35.6 Å². The van der Waals surface area contributed by atoms with E-state index in [1.807, 2.05) is 0 Å². The zero-order valence-corrected chi connectivity index (χ0v) is 24.8. The third kappa shape index (κ3) is 8.46. The highest BCUT2D eigenvalue weighted by Crippen LogP contribution is 2.48. The van der Waals surface area contributed by atoms with E-state index < -0.39 is 49.9 Å². The lowest BCUT2D eigenvalue weighted by Crippen LogP contribution is -2.50. The van der Waals surface area contributed by atoms with E-state index >= 15 is 0 Å². The van der Waals surface area contributed by atoms with E-state index in [9.17, 15) is 39.6 Å². The molecule has 1 amide bonds. The lowest BCUT2D eigenvalue weighted by Gasteiger charge is -2.33. The normalized spacial score (nSPS) is 17.9. The summed E-state index contributed by atoms with van der Waals surface area (Å²) in [6.07, 6.45) is -7.72. The van der Waals surface area contributed by atoms with E-state index in [-0.39, 0.29) is 38.0 Å². The molecule has 2 heterocycles. The Labute approximate surface area is 250 Å². The number of halogens is 6. The molecule has 4 rings (SSSR count). The molecule has 7 nitrogen and oxygen atoms in total. The number of nitrogens with zero attached hydrogens (tertiary/aromatic N) is 2. The van der Waals surface area contributed by atoms with Crippen LogP contribution in [0.2, 0.25) is 0 Å². The van der Waals surface area contributed by atoms with Crippen molar-refractivity contribution in [3.63, 3.8) is 0 Å². The van der Waals surface area contributed by atoms with Crippen LogP contribution >= 0.6 is 11.8 Å². The summed E-state index contributed by atoms with van der Waals surface area (Å²) in [5.74, 6) is -0.849. The van der Waals surface area contributed by atoms with E-state index in [4.69, 9.17) is 4.74 Å². The molecule has 0 aliphatic carbocycles. The van der Waals surface area contributed by atoms with Gasteiger partial charge >= 0.3 is 12.4 Å². The largest absolute Gasteiger partial charge is 0.418 e. The molecule has 15 heteroatoms. The molecule has 0 spiro atoms. The molecule has 2 aromatic rings. The molecule has 0 unspecified atom stereocenters. The second-order valence-corrected chi connectivity index (χ2v) is 13.4. The number of carbonyl (C=O) groups excluding carboxylic acids is 1. The van der Waals surface area contributed by atoms with Crippen LogP contribution < -0.4 is 5.32 Å². The van der Waals surface area contributed by atoms with E-state index in [1.54, 1.807) is 18.2 Å². The van der Waals surface area contributed by atoms with Crippen molar-refractivity contribution in [2.45, 2.75) is 48.0 Å². The number of ether oxygens (including phenoxy) is 1. The number of alkyl halides is 6. The minimum absolute atomic E-state index is 0.000353. The van der Waals surface area contributed by atoms with Crippen LogP contribution in [0.4, 0.5) is 32.0 Å². The Morgan fingerprint density at radius 1 is 1.00 bits per heavy atom. The van der Waals surface area contributed by atoms with Gasteiger partial charge in [0.15, 0.2) is 0 Å². The Hall–Kier alpha value is -2.75. The monoisotopic (exact) mass is 651 g/mol. The number of piperazine rings is 1. The van der Waals surface area contributed by atoms with Crippen LogP contribution in [0, 0.1) is 0 Å². The first-order valence-corrected chi connectivity index (χ1v) is 16.0. The lowest BCUT2D eigenvalue weighted by molar-refractivity contribution is -0.163. The maximum atomic E-state index is 14.3. The van der Waals surface area contributed by atoms with Crippen molar-refractivity contribution in [1.29, 1.82) is 0 Å². The van der Waals surface area contributed by atoms with Crippen LogP contribution in [-0.2, 0) is 31.9 Å². The molecule has 0 saturated carbocycles. The fraction of sp³-hybridized carbons (Fsp3) is 0.464. The summed E-state index contributed by atoms with van der Waals surface area (Å²) in [4.78, 5) is 13.6. The van der Waals surface area contributed by atoms with Gasteiger partial charge in [-0.15, -0.1) is 0 Å². The summed E-state index contributed by atoms with van der Waals surface area (Å²) in [6.45, 7) is 2.66. The molecular formula is C28H31F6N3O4S2. The molecule has 43 heavy (non-hydrogen) atoms. The third-order valence-corrected chi connectivity index (χ3v) is 10.1. The maximum Gasteiger partial charge on any atom is 0.418 e. The Bertz CT molecular complexity index is 1430. The molecule has 2 aliphatic heterocycles. The van der Waals surface area contributed by atoms with Gasteiger partial charge in [0.05, 0.1) is 16.9 Å². The smallest absolute Gasteiger partial charge is 0.382 e. The van der Waals surface area contributed by atoms with Gasteiger partial charge < -0.3 is 15.0 Å². The molecule has 2 saturated heterocycles. The Morgan fingerprint density at radius 3 is 2.26 bits per heavy atom. The van der Waals surface area contributed by atoms with Crippen molar-refractivity contribution in [3.05, 3.63) is 59.2 Å². The van der Waals surface area contributed by atoms with E-state index in [2.05, 4.69) is 5.32 Å². The second-order valence-electron chi connectivity index (χ2n) is 10.0. The Balaban J connectivity index is 1.59. The van der Waals surface area contributed by atoms with E-state index in [1.165, 1.54) is 22.2 Å². The quantitative estimate of drug-likeness (QED) is 0.280. The van der Waals surface area contributed by atoms with Gasteiger partial charge in [-0.25, -0.2) is 8.42 Å². The summed E-state index contributed by atoms with van der Waals surface area (Å²) in [5, 5.41) is 3.29. The fourth-order valence-electron chi connectivity index (χ4n) is 4.90. The molecule has 2 fully saturated rings. The minimum atomic E-state index is -5.38. The van der Waals surface area contributed by atoms with Gasteiger partial charge in [-0.05, 0) is 55.7 Å². The predicted octanol–water partition coefficient (Wildman–Crippen LogP) is 5.97. The molecule has 2 aliphatic rings. The van der Waals surface area contributed by atoms with E-state index in [0.717, 1.165) is 37.1 Å². The summed E-state index contributed by atoms with van der Waals surface area (Å²) in [6, 6.07) is 8.45. The summed E-state index contributed by atoms with van der Waals surface area (Å²) >= 11 is 0.570. The number of hydrogen-bond acceptors (Lipinski definition) is 6. The summed E-state index contributed by atoms with van der Waals surface area (Å²) in [5.41, 5.74) is -3.89. The van der Waals surface area contributed by atoms with Gasteiger partial charge in [-0.2, -0.15) is 30.6 Å². The zero-order valence-electron chi connectivity index (χ0n) is 23.2. The molecule has 0 radical (unpaired) electrons. The Morgan fingerprint density at radius 2 is 1.65 bits per heavy atom. The minimum Gasteiger partial charge on any atom is -0.382 e. The average Bonchev–Trinajstić information content (AvgIpc) is 2.95. The zero-order chi connectivity index (χ0) is 31.4. The van der Waals surface area contributed by atoms with Crippen LogP contribution in [0.5, 0.6) is 0 Å². The van der Waals surface area contributed by atoms with Crippen LogP contribution in [0.1, 0.15) is 36.5 Å². The number of hydrogen-bond donors (Lipinski definition) is 1. The number of benzene rings is 2. The first-order chi connectivity index (χ1) is 20.2. The highest BCUT2D eigenvalue weighted by Gasteiger charge is 2.46. The van der Waals surface area contributed by atoms with Crippen molar-refractivity contribution in [1.82, 2.24) is 9.21 Å². The van der Waals surface area contributed by atoms with Gasteiger partial charge in [0, 0.05) is 67.0 Å². The van der Waals surface area contributed by atoms with Crippen LogP contribution in [0.25, 0.3) is 6.08 Å². The second kappa shape index (κ2) is 13.5. The molecule has 236 valence electrons. The Kier molecular flexibility index (Phi) is 10.4. The van der Waals surface area contributed by atoms with Crippen molar-refractivity contribution in [2.75, 3.05) is 50.5 Å². The van der Waals surface area contributed by atoms with Gasteiger partial charge in [0.1, 0.15) is 0 Å². The molecular weight excluding hydrogens is 620 g/mol. The maximum absolute atomic E-state index is 14.3. The SMILES string of the molecule is CCS(=O)(=O)N1CCN(C(=O)C=Cc2ccc(Sc3cccc(NC4CCOCC4)c3)c(C(F)(F)F)c2C(F)(F)F)CC1. The number of rotatable bonds is 8. The van der Waals surface area contributed by atoms with Crippen LogP contribution in [-0.4, -0.2) is 74.7 Å². The van der Waals surface area contributed by atoms with Gasteiger partial charge in [-0.3, -0.25) is 4.79 Å². The first-order valence-electron chi connectivity index (χ1n) is 13.6. The average molecular weight is 652 g/mol. The van der Waals surface area contributed by atoms with Crippen molar-refractivity contribution >= 4 is 39.5 Å². The third-order valence-electron chi connectivity index (χ3n) is 7.13. The predicted molar refractivity (Wildman–Crippen MR) is 151 cm³/mol. The molecule has 0 bridgehead atoms. The van der Waals surface area contributed by atoms with Crippen molar-refractivity contribution in [3.8, 4) is 0 Å². The number of anilines is 1. The number of nitrogens with one attached hydrogen (secondary N) is 1. The summed E-state index contributed by atoms with van der Waals surface area (Å²) in [7, 11) is -3.47. The number of amides is 1. The van der Waals surface area contributed by atoms with Crippen molar-refractivity contribution < 1.29 is 44.3 Å². The van der Waals surface area contributed by atoms with Crippen molar-refractivity contribution in [2.24, 2.45) is 0 Å². The topological polar surface area (TPSA) is 79.0 Å². The van der Waals surface area contributed by atoms with Gasteiger partial charge in [-0.1, -0.05) is 23.9 Å². The standard InChI is InChI=1S/C28H31F6N3O4S2/c1-2-43(39,40)37-14-12-36(13-15-37)24(38)9-7-19-6-8-23(26(28(32,33)34)25(19)27(29,30)31)42-22-5-3-4-21(18-22)35-20-10-16-41-17-11-20/h3-9,18,20,35H,2,10-17H2,1H3. The fourth-order valence-corrected chi connectivity index (χ4v) is 7.03. The first kappa shape index (κ1) is 33.1. The highest BCUT2D eigenvalue weighted by molar-refractivity contribution is 7.99. The highest BCUT2D eigenvalue weighted by atomic mass is 32.2. The molecule has 0 aromatic heterocycles. The van der Waals surface area contributed by atoms with Gasteiger partial charge in [0.25, 0.3) is 0 Å². The number of carbonyl (C=O) groups is 1. The molecule has 1 N–H and O–H groups in total. The molecule has 0 atom stereocenters. The molecule has 2 aromatic carbocycles. The summed E-state index contributed by atoms with van der Waals surface area (Å²) < 4.78 is 116. The number of sulfonamides is 1. The van der Waals surface area contributed by atoms with Gasteiger partial charge in [0.2, 0.25) is 15.9 Å². The lowest BCUT2D eigenvalue weighted by atomic mass is 9.99.